The minimum absolute atomic E-state index is 0.0748. The lowest BCUT2D eigenvalue weighted by atomic mass is 10.1. The fourth-order valence-electron chi connectivity index (χ4n) is 4.43. The van der Waals surface area contributed by atoms with Crippen molar-refractivity contribution in [3.05, 3.63) is 70.1 Å². The average molecular weight is 597 g/mol. The Balaban J connectivity index is 1.59. The molecule has 5 rings (SSSR count). The lowest BCUT2D eigenvalue weighted by Crippen LogP contribution is -2.48. The van der Waals surface area contributed by atoms with Gasteiger partial charge < -0.3 is 20.1 Å². The van der Waals surface area contributed by atoms with Gasteiger partial charge in [0.15, 0.2) is 0 Å². The van der Waals surface area contributed by atoms with E-state index in [1.165, 1.54) is 30.9 Å². The maximum Gasteiger partial charge on any atom is 0.330 e. The molecule has 3 heterocycles. The maximum atomic E-state index is 14.1. The zero-order valence-corrected chi connectivity index (χ0v) is 24.1. The summed E-state index contributed by atoms with van der Waals surface area (Å²) in [6.07, 6.45) is 3.41. The number of carbonyl (C=O) groups is 2. The summed E-state index contributed by atoms with van der Waals surface area (Å²) < 4.78 is 12.5. The summed E-state index contributed by atoms with van der Waals surface area (Å²) in [4.78, 5) is 37.9. The average Bonchev–Trinajstić information content (AvgIpc) is 3.36. The van der Waals surface area contributed by atoms with Crippen molar-refractivity contribution in [2.45, 2.75) is 20.0 Å². The molecule has 2 N–H and O–H groups in total. The lowest BCUT2D eigenvalue weighted by molar-refractivity contribution is -0.114. The van der Waals surface area contributed by atoms with Gasteiger partial charge in [0.1, 0.15) is 27.4 Å². The number of anilines is 5. The Hall–Kier alpha value is -4.55. The standard InChI is InChI=1S/C27H26Cl2N8O4/c1-15(38)31-18-7-5-6-8-19(18)32-26-30-12-16-13-36(24-22(28)20(40-3)11-21(41-4)23(24)29)27(39)37(25(16)33-26)14-17-9-10-35(2)34-17/h5-12H,13-14H2,1-4H3,(H,31,38)(H,30,32,33). The fraction of sp³-hybridized carbons (Fsp3) is 0.222. The number of nitrogens with zero attached hydrogens (tertiary/aromatic N) is 6. The van der Waals surface area contributed by atoms with Gasteiger partial charge >= 0.3 is 6.03 Å². The first-order valence-corrected chi connectivity index (χ1v) is 13.1. The molecule has 0 bridgehead atoms. The predicted molar refractivity (Wildman–Crippen MR) is 157 cm³/mol. The molecule has 0 fully saturated rings. The number of nitrogens with one attached hydrogen (secondary N) is 2. The van der Waals surface area contributed by atoms with Crippen LogP contribution in [0.1, 0.15) is 18.2 Å². The second kappa shape index (κ2) is 11.5. The van der Waals surface area contributed by atoms with Gasteiger partial charge in [-0.1, -0.05) is 35.3 Å². The molecule has 0 spiro atoms. The van der Waals surface area contributed by atoms with Gasteiger partial charge in [-0.15, -0.1) is 0 Å². The number of rotatable bonds is 8. The number of benzene rings is 2. The number of methoxy groups -OCH3 is 2. The van der Waals surface area contributed by atoms with E-state index in [-0.39, 0.29) is 40.7 Å². The van der Waals surface area contributed by atoms with Crippen LogP contribution >= 0.6 is 23.2 Å². The highest BCUT2D eigenvalue weighted by Crippen LogP contribution is 2.48. The van der Waals surface area contributed by atoms with Crippen molar-refractivity contribution in [3.8, 4) is 11.5 Å². The number of urea groups is 1. The van der Waals surface area contributed by atoms with Crippen molar-refractivity contribution < 1.29 is 19.1 Å². The smallest absolute Gasteiger partial charge is 0.330 e. The number of halogens is 2. The number of carbonyl (C=O) groups excluding carboxylic acids is 2. The molecule has 1 aliphatic rings. The molecule has 0 radical (unpaired) electrons. The number of ether oxygens (including phenoxy) is 2. The minimum Gasteiger partial charge on any atom is -0.495 e. The molecule has 0 atom stereocenters. The van der Waals surface area contributed by atoms with Crippen molar-refractivity contribution in [1.29, 1.82) is 0 Å². The van der Waals surface area contributed by atoms with E-state index in [1.807, 2.05) is 12.1 Å². The Morgan fingerprint density at radius 2 is 1.76 bits per heavy atom. The summed E-state index contributed by atoms with van der Waals surface area (Å²) in [6, 6.07) is 10.1. The molecule has 212 valence electrons. The van der Waals surface area contributed by atoms with Gasteiger partial charge in [0.05, 0.1) is 50.1 Å². The summed E-state index contributed by atoms with van der Waals surface area (Å²) in [5, 5.41) is 10.7. The molecule has 4 aromatic rings. The number of hydrogen-bond acceptors (Lipinski definition) is 8. The van der Waals surface area contributed by atoms with Crippen LogP contribution in [0.4, 0.5) is 33.6 Å². The van der Waals surface area contributed by atoms with Crippen LogP contribution in [0.15, 0.2) is 48.8 Å². The summed E-state index contributed by atoms with van der Waals surface area (Å²) >= 11 is 13.4. The highest BCUT2D eigenvalue weighted by atomic mass is 35.5. The largest absolute Gasteiger partial charge is 0.495 e. The molecule has 1 aliphatic heterocycles. The number of amides is 3. The Morgan fingerprint density at radius 3 is 2.37 bits per heavy atom. The molecule has 0 unspecified atom stereocenters. The van der Waals surface area contributed by atoms with Crippen LogP contribution < -0.4 is 29.9 Å². The van der Waals surface area contributed by atoms with Crippen molar-refractivity contribution in [2.75, 3.05) is 34.7 Å². The van der Waals surface area contributed by atoms with Crippen LogP contribution in [0.25, 0.3) is 0 Å². The highest BCUT2D eigenvalue weighted by molar-refractivity contribution is 6.42. The van der Waals surface area contributed by atoms with E-state index < -0.39 is 6.03 Å². The fourth-order valence-corrected chi connectivity index (χ4v) is 5.13. The molecular weight excluding hydrogens is 571 g/mol. The molecule has 41 heavy (non-hydrogen) atoms. The Bertz CT molecular complexity index is 1620. The summed E-state index contributed by atoms with van der Waals surface area (Å²) in [5.41, 5.74) is 2.65. The second-order valence-corrected chi connectivity index (χ2v) is 9.84. The summed E-state index contributed by atoms with van der Waals surface area (Å²) in [6.45, 7) is 1.61. The first-order chi connectivity index (χ1) is 19.7. The van der Waals surface area contributed by atoms with Crippen LogP contribution in [-0.2, 0) is 24.9 Å². The van der Waals surface area contributed by atoms with E-state index >= 15 is 0 Å². The predicted octanol–water partition coefficient (Wildman–Crippen LogP) is 5.38. The topological polar surface area (TPSA) is 127 Å². The highest BCUT2D eigenvalue weighted by Gasteiger charge is 2.37. The van der Waals surface area contributed by atoms with Crippen molar-refractivity contribution in [1.82, 2.24) is 19.7 Å². The van der Waals surface area contributed by atoms with E-state index in [0.717, 1.165) is 0 Å². The van der Waals surface area contributed by atoms with Crippen LogP contribution in [0.2, 0.25) is 10.0 Å². The van der Waals surface area contributed by atoms with Gasteiger partial charge in [-0.05, 0) is 18.2 Å². The Labute approximate surface area is 245 Å². The zero-order chi connectivity index (χ0) is 29.3. The van der Waals surface area contributed by atoms with Crippen LogP contribution in [0, 0.1) is 0 Å². The monoisotopic (exact) mass is 596 g/mol. The van der Waals surface area contributed by atoms with Crippen molar-refractivity contribution in [2.24, 2.45) is 7.05 Å². The minimum atomic E-state index is -0.439. The zero-order valence-electron chi connectivity index (χ0n) is 22.6. The maximum absolute atomic E-state index is 14.1. The normalized spacial score (nSPS) is 12.7. The molecule has 2 aromatic heterocycles. The van der Waals surface area contributed by atoms with E-state index in [0.29, 0.717) is 39.9 Å². The van der Waals surface area contributed by atoms with E-state index in [2.05, 4.69) is 20.7 Å². The first-order valence-electron chi connectivity index (χ1n) is 12.4. The van der Waals surface area contributed by atoms with Gasteiger partial charge in [0.25, 0.3) is 0 Å². The van der Waals surface area contributed by atoms with Crippen LogP contribution in [-0.4, -0.2) is 45.9 Å². The molecule has 14 heteroatoms. The van der Waals surface area contributed by atoms with Crippen LogP contribution in [0.3, 0.4) is 0 Å². The quantitative estimate of drug-likeness (QED) is 0.277. The molecule has 3 amide bonds. The third-order valence-electron chi connectivity index (χ3n) is 6.28. The molecule has 12 nitrogen and oxygen atoms in total. The lowest BCUT2D eigenvalue weighted by Gasteiger charge is -2.36. The molecule has 0 saturated carbocycles. The molecular formula is C27H26Cl2N8O4. The summed E-state index contributed by atoms with van der Waals surface area (Å²) in [5.74, 6) is 0.989. The number of para-hydroxylation sites is 2. The van der Waals surface area contributed by atoms with Crippen LogP contribution in [0.5, 0.6) is 11.5 Å². The Morgan fingerprint density at radius 1 is 1.07 bits per heavy atom. The first kappa shape index (κ1) is 28.0. The third-order valence-corrected chi connectivity index (χ3v) is 7.01. The Kier molecular flexibility index (Phi) is 7.86. The molecule has 0 aliphatic carbocycles. The van der Waals surface area contributed by atoms with Gasteiger partial charge in [-0.2, -0.15) is 10.1 Å². The van der Waals surface area contributed by atoms with Gasteiger partial charge in [-0.25, -0.2) is 9.78 Å². The van der Waals surface area contributed by atoms with Gasteiger partial charge in [-0.3, -0.25) is 19.3 Å². The van der Waals surface area contributed by atoms with Crippen molar-refractivity contribution in [3.63, 3.8) is 0 Å². The molecule has 0 saturated heterocycles. The van der Waals surface area contributed by atoms with Gasteiger partial charge in [0, 0.05) is 38.0 Å². The van der Waals surface area contributed by atoms with E-state index in [4.69, 9.17) is 37.7 Å². The number of aromatic nitrogens is 4. The van der Waals surface area contributed by atoms with Crippen molar-refractivity contribution >= 4 is 64.0 Å². The number of hydrogen-bond donors (Lipinski definition) is 2. The van der Waals surface area contributed by atoms with E-state index in [1.54, 1.807) is 48.4 Å². The third kappa shape index (κ3) is 5.56. The summed E-state index contributed by atoms with van der Waals surface area (Å²) in [7, 11) is 4.72. The number of fused-ring (bicyclic) bond motifs is 1. The van der Waals surface area contributed by atoms with E-state index in [9.17, 15) is 9.59 Å². The SMILES string of the molecule is COc1cc(OC)c(Cl)c(N2Cc3cnc(Nc4ccccc4NC(C)=O)nc3N(Cc3ccn(C)n3)C2=O)c1Cl. The molecule has 2 aromatic carbocycles. The second-order valence-electron chi connectivity index (χ2n) is 9.09. The number of aryl methyl sites for hydroxylation is 1. The van der Waals surface area contributed by atoms with Gasteiger partial charge in [0.2, 0.25) is 11.9 Å².